The van der Waals surface area contributed by atoms with Gasteiger partial charge in [-0.05, 0) is 51.4 Å². The lowest BCUT2D eigenvalue weighted by atomic mass is 9.87. The second-order valence-electron chi connectivity index (χ2n) is 7.64. The van der Waals surface area contributed by atoms with Crippen LogP contribution in [0.25, 0.3) is 0 Å². The fourth-order valence-corrected chi connectivity index (χ4v) is 4.86. The average Bonchev–Trinajstić information content (AvgIpc) is 2.73. The maximum Gasteiger partial charge on any atom is 0.0697 e. The third-order valence-corrected chi connectivity index (χ3v) is 6.11. The first-order valence-electron chi connectivity index (χ1n) is 9.17. The average molecular weight is 279 g/mol. The number of hydrogen-bond donors (Lipinski definition) is 1. The summed E-state index contributed by atoms with van der Waals surface area (Å²) in [6.07, 6.45) is 16.6. The third-order valence-electron chi connectivity index (χ3n) is 6.11. The molecule has 20 heavy (non-hydrogen) atoms. The Morgan fingerprint density at radius 2 is 1.65 bits per heavy atom. The lowest BCUT2D eigenvalue weighted by Gasteiger charge is -2.40. The van der Waals surface area contributed by atoms with Gasteiger partial charge < -0.3 is 10.1 Å². The molecule has 2 saturated carbocycles. The van der Waals surface area contributed by atoms with Crippen LogP contribution in [0.1, 0.15) is 84.0 Å². The molecule has 0 aromatic carbocycles. The van der Waals surface area contributed by atoms with Crippen molar-refractivity contribution in [1.82, 2.24) is 5.32 Å². The Morgan fingerprint density at radius 1 is 0.950 bits per heavy atom. The van der Waals surface area contributed by atoms with Crippen molar-refractivity contribution in [2.24, 2.45) is 5.92 Å². The molecule has 1 saturated heterocycles. The van der Waals surface area contributed by atoms with Gasteiger partial charge in [0, 0.05) is 18.7 Å². The number of hydrogen-bond acceptors (Lipinski definition) is 2. The second-order valence-corrected chi connectivity index (χ2v) is 7.64. The maximum absolute atomic E-state index is 6.16. The first kappa shape index (κ1) is 14.8. The molecule has 1 unspecified atom stereocenters. The molecule has 1 aliphatic heterocycles. The molecule has 2 aliphatic carbocycles. The van der Waals surface area contributed by atoms with Crippen LogP contribution in [0.4, 0.5) is 0 Å². The lowest BCUT2D eigenvalue weighted by molar-refractivity contribution is -0.0852. The van der Waals surface area contributed by atoms with E-state index in [2.05, 4.69) is 12.2 Å². The number of nitrogens with one attached hydrogen (secondary N) is 1. The summed E-state index contributed by atoms with van der Waals surface area (Å²) in [5.74, 6) is 0.917. The van der Waals surface area contributed by atoms with Crippen molar-refractivity contribution in [2.75, 3.05) is 6.61 Å². The first-order chi connectivity index (χ1) is 9.77. The molecule has 0 aromatic rings. The van der Waals surface area contributed by atoms with Crippen LogP contribution in [0.15, 0.2) is 0 Å². The topological polar surface area (TPSA) is 21.3 Å². The fourth-order valence-electron chi connectivity index (χ4n) is 4.86. The summed E-state index contributed by atoms with van der Waals surface area (Å²) < 4.78 is 6.16. The molecule has 1 N–H and O–H groups in total. The van der Waals surface area contributed by atoms with Crippen molar-refractivity contribution < 1.29 is 4.74 Å². The van der Waals surface area contributed by atoms with Crippen LogP contribution in [0.5, 0.6) is 0 Å². The van der Waals surface area contributed by atoms with E-state index < -0.39 is 0 Å². The smallest absolute Gasteiger partial charge is 0.0697 e. The minimum absolute atomic E-state index is 0.263. The van der Waals surface area contributed by atoms with E-state index in [-0.39, 0.29) is 5.60 Å². The Kier molecular flexibility index (Phi) is 5.04. The van der Waals surface area contributed by atoms with Gasteiger partial charge in [0.05, 0.1) is 5.60 Å². The van der Waals surface area contributed by atoms with Crippen LogP contribution < -0.4 is 5.32 Å². The van der Waals surface area contributed by atoms with Gasteiger partial charge in [0.2, 0.25) is 0 Å². The minimum Gasteiger partial charge on any atom is -0.375 e. The molecule has 2 nitrogen and oxygen atoms in total. The van der Waals surface area contributed by atoms with Gasteiger partial charge in [0.15, 0.2) is 0 Å². The SMILES string of the molecule is C[C@H](NC1CCOC2(CCCC2)C1)C1CCCCCC1. The summed E-state index contributed by atoms with van der Waals surface area (Å²) in [5, 5.41) is 3.99. The van der Waals surface area contributed by atoms with Gasteiger partial charge in [0.1, 0.15) is 0 Å². The third kappa shape index (κ3) is 3.57. The predicted octanol–water partition coefficient (Wildman–Crippen LogP) is 4.43. The molecule has 1 spiro atoms. The number of ether oxygens (including phenoxy) is 1. The van der Waals surface area contributed by atoms with E-state index in [9.17, 15) is 0 Å². The highest BCUT2D eigenvalue weighted by Gasteiger charge is 2.40. The van der Waals surface area contributed by atoms with Crippen molar-refractivity contribution in [2.45, 2.75) is 102 Å². The standard InChI is InChI=1S/C18H33NO/c1-15(16-8-4-2-3-5-9-16)19-17-10-13-20-18(14-17)11-6-7-12-18/h15-17,19H,2-14H2,1H3/t15-,17?/m0/s1. The van der Waals surface area contributed by atoms with E-state index in [1.807, 2.05) is 0 Å². The molecule has 3 aliphatic rings. The van der Waals surface area contributed by atoms with Gasteiger partial charge in [-0.15, -0.1) is 0 Å². The normalized spacial score (nSPS) is 33.1. The van der Waals surface area contributed by atoms with E-state index >= 15 is 0 Å². The van der Waals surface area contributed by atoms with Gasteiger partial charge in [-0.1, -0.05) is 38.5 Å². The highest BCUT2D eigenvalue weighted by atomic mass is 16.5. The Morgan fingerprint density at radius 3 is 2.35 bits per heavy atom. The van der Waals surface area contributed by atoms with Crippen molar-refractivity contribution in [3.8, 4) is 0 Å². The van der Waals surface area contributed by atoms with E-state index in [1.165, 1.54) is 77.0 Å². The maximum atomic E-state index is 6.16. The zero-order valence-corrected chi connectivity index (χ0v) is 13.3. The predicted molar refractivity (Wildman–Crippen MR) is 84.0 cm³/mol. The molecule has 0 aromatic heterocycles. The molecule has 0 radical (unpaired) electrons. The summed E-state index contributed by atoms with van der Waals surface area (Å²) in [4.78, 5) is 0. The molecular weight excluding hydrogens is 246 g/mol. The van der Waals surface area contributed by atoms with E-state index in [4.69, 9.17) is 4.74 Å². The van der Waals surface area contributed by atoms with Crippen molar-refractivity contribution >= 4 is 0 Å². The molecule has 1 heterocycles. The van der Waals surface area contributed by atoms with Gasteiger partial charge >= 0.3 is 0 Å². The van der Waals surface area contributed by atoms with Crippen LogP contribution >= 0.6 is 0 Å². The highest BCUT2D eigenvalue weighted by Crippen LogP contribution is 2.40. The van der Waals surface area contributed by atoms with E-state index in [1.54, 1.807) is 0 Å². The molecular formula is C18H33NO. The minimum atomic E-state index is 0.263. The fraction of sp³-hybridized carbons (Fsp3) is 1.00. The highest BCUT2D eigenvalue weighted by molar-refractivity contribution is 4.94. The zero-order chi connectivity index (χ0) is 13.8. The molecule has 0 amide bonds. The summed E-state index contributed by atoms with van der Waals surface area (Å²) in [6, 6.07) is 1.41. The number of rotatable bonds is 3. The Balaban J connectivity index is 1.51. The molecule has 116 valence electrons. The zero-order valence-electron chi connectivity index (χ0n) is 13.3. The lowest BCUT2D eigenvalue weighted by Crippen LogP contribution is -2.49. The van der Waals surface area contributed by atoms with Gasteiger partial charge in [-0.3, -0.25) is 0 Å². The molecule has 3 fully saturated rings. The monoisotopic (exact) mass is 279 g/mol. The first-order valence-corrected chi connectivity index (χ1v) is 9.17. The Labute approximate surface area is 125 Å². The van der Waals surface area contributed by atoms with Crippen LogP contribution in [0, 0.1) is 5.92 Å². The summed E-state index contributed by atoms with van der Waals surface area (Å²) in [7, 11) is 0. The molecule has 3 rings (SSSR count). The van der Waals surface area contributed by atoms with Crippen LogP contribution in [-0.4, -0.2) is 24.3 Å². The summed E-state index contributed by atoms with van der Waals surface area (Å²) >= 11 is 0. The quantitative estimate of drug-likeness (QED) is 0.772. The molecule has 2 heteroatoms. The van der Waals surface area contributed by atoms with Crippen molar-refractivity contribution in [3.05, 3.63) is 0 Å². The van der Waals surface area contributed by atoms with Gasteiger partial charge in [-0.25, -0.2) is 0 Å². The second kappa shape index (κ2) is 6.79. The van der Waals surface area contributed by atoms with Crippen molar-refractivity contribution in [1.29, 1.82) is 0 Å². The largest absolute Gasteiger partial charge is 0.375 e. The Bertz CT molecular complexity index is 290. The van der Waals surface area contributed by atoms with Crippen LogP contribution in [-0.2, 0) is 4.74 Å². The van der Waals surface area contributed by atoms with Crippen molar-refractivity contribution in [3.63, 3.8) is 0 Å². The van der Waals surface area contributed by atoms with Gasteiger partial charge in [0.25, 0.3) is 0 Å². The summed E-state index contributed by atoms with van der Waals surface area (Å²) in [5.41, 5.74) is 0.263. The summed E-state index contributed by atoms with van der Waals surface area (Å²) in [6.45, 7) is 3.42. The van der Waals surface area contributed by atoms with E-state index in [0.29, 0.717) is 12.1 Å². The van der Waals surface area contributed by atoms with Crippen LogP contribution in [0.3, 0.4) is 0 Å². The van der Waals surface area contributed by atoms with E-state index in [0.717, 1.165) is 12.5 Å². The molecule has 0 bridgehead atoms. The van der Waals surface area contributed by atoms with Crippen LogP contribution in [0.2, 0.25) is 0 Å². The Hall–Kier alpha value is -0.0800. The van der Waals surface area contributed by atoms with Gasteiger partial charge in [-0.2, -0.15) is 0 Å². The molecule has 2 atom stereocenters.